The molecule has 6 heteroatoms. The van der Waals surface area contributed by atoms with Gasteiger partial charge in [-0.25, -0.2) is 4.98 Å². The summed E-state index contributed by atoms with van der Waals surface area (Å²) in [6.45, 7) is 4.68. The van der Waals surface area contributed by atoms with Crippen molar-refractivity contribution in [3.05, 3.63) is 72.3 Å². The number of nitrogens with zero attached hydrogens (tertiary/aromatic N) is 4. The molecular weight excluding hydrogens is 350 g/mol. The van der Waals surface area contributed by atoms with Gasteiger partial charge in [-0.1, -0.05) is 25.1 Å². The summed E-state index contributed by atoms with van der Waals surface area (Å²) in [5, 5.41) is 3.05. The van der Waals surface area contributed by atoms with Crippen LogP contribution in [0.4, 0.5) is 5.82 Å². The maximum Gasteiger partial charge on any atom is 0.254 e. The van der Waals surface area contributed by atoms with Crippen LogP contribution in [0.2, 0.25) is 0 Å². The van der Waals surface area contributed by atoms with Crippen molar-refractivity contribution in [3.8, 4) is 11.3 Å². The lowest BCUT2D eigenvalue weighted by atomic mass is 10.0. The molecular formula is C22H25N5O. The van der Waals surface area contributed by atoms with E-state index in [-0.39, 0.29) is 11.9 Å². The molecule has 1 aromatic carbocycles. The van der Waals surface area contributed by atoms with E-state index in [0.717, 1.165) is 23.2 Å². The van der Waals surface area contributed by atoms with Crippen molar-refractivity contribution in [2.75, 3.05) is 12.4 Å². The summed E-state index contributed by atoms with van der Waals surface area (Å²) in [5.74, 6) is 0.677. The highest BCUT2D eigenvalue weighted by Crippen LogP contribution is 2.25. The summed E-state index contributed by atoms with van der Waals surface area (Å²) in [5.41, 5.74) is 3.23. The first-order chi connectivity index (χ1) is 13.6. The number of pyridine rings is 1. The van der Waals surface area contributed by atoms with Crippen LogP contribution in [0, 0.1) is 0 Å². The fourth-order valence-electron chi connectivity index (χ4n) is 3.03. The first-order valence-electron chi connectivity index (χ1n) is 9.43. The summed E-state index contributed by atoms with van der Waals surface area (Å²) in [4.78, 5) is 28.1. The number of amides is 1. The summed E-state index contributed by atoms with van der Waals surface area (Å²) in [6, 6.07) is 11.5. The van der Waals surface area contributed by atoms with E-state index in [1.165, 1.54) is 0 Å². The highest BCUT2D eigenvalue weighted by atomic mass is 16.2. The molecule has 3 aromatic rings. The number of anilines is 1. The average Bonchev–Trinajstić information content (AvgIpc) is 2.77. The molecule has 0 radical (unpaired) electrons. The molecule has 28 heavy (non-hydrogen) atoms. The minimum absolute atomic E-state index is 0.00467. The predicted molar refractivity (Wildman–Crippen MR) is 111 cm³/mol. The highest BCUT2D eigenvalue weighted by molar-refractivity contribution is 5.95. The molecule has 6 nitrogen and oxygen atoms in total. The van der Waals surface area contributed by atoms with Gasteiger partial charge in [0.2, 0.25) is 0 Å². The molecule has 0 bridgehead atoms. The zero-order chi connectivity index (χ0) is 19.9. The summed E-state index contributed by atoms with van der Waals surface area (Å²) in [7, 11) is 1.81. The molecule has 0 aliphatic carbocycles. The Morgan fingerprint density at radius 3 is 2.68 bits per heavy atom. The highest BCUT2D eigenvalue weighted by Gasteiger charge is 2.21. The van der Waals surface area contributed by atoms with Gasteiger partial charge in [-0.05, 0) is 37.1 Å². The summed E-state index contributed by atoms with van der Waals surface area (Å²) in [6.07, 6.45) is 7.71. The quantitative estimate of drug-likeness (QED) is 0.675. The second-order valence-electron chi connectivity index (χ2n) is 6.64. The Balaban J connectivity index is 1.93. The van der Waals surface area contributed by atoms with Crippen molar-refractivity contribution in [1.82, 2.24) is 19.9 Å². The van der Waals surface area contributed by atoms with Gasteiger partial charge in [0.05, 0.1) is 0 Å². The minimum Gasteiger partial charge on any atom is -0.371 e. The first-order valence-corrected chi connectivity index (χ1v) is 9.43. The molecule has 0 spiro atoms. The molecule has 1 N–H and O–H groups in total. The van der Waals surface area contributed by atoms with E-state index in [1.807, 2.05) is 41.3 Å². The lowest BCUT2D eigenvalue weighted by Crippen LogP contribution is -2.37. The molecule has 0 aliphatic heterocycles. The Hall–Kier alpha value is -3.28. The van der Waals surface area contributed by atoms with Crippen molar-refractivity contribution in [2.45, 2.75) is 32.9 Å². The Bertz CT molecular complexity index is 929. The topological polar surface area (TPSA) is 71.0 Å². The Morgan fingerprint density at radius 1 is 1.14 bits per heavy atom. The number of carbonyl (C=O) groups excluding carboxylic acids is 1. The Kier molecular flexibility index (Phi) is 6.32. The van der Waals surface area contributed by atoms with Crippen LogP contribution < -0.4 is 5.32 Å². The van der Waals surface area contributed by atoms with Crippen LogP contribution in [-0.4, -0.2) is 38.8 Å². The SMILES string of the molecule is CCC(C)N(Cc1cccnc1)C(=O)c1cccc(-c2nccnc2NC)c1. The fourth-order valence-corrected chi connectivity index (χ4v) is 3.03. The minimum atomic E-state index is -0.00467. The molecule has 0 aliphatic rings. The van der Waals surface area contributed by atoms with E-state index in [0.29, 0.717) is 17.9 Å². The lowest BCUT2D eigenvalue weighted by Gasteiger charge is -2.29. The number of hydrogen-bond donors (Lipinski definition) is 1. The molecule has 1 unspecified atom stereocenters. The third-order valence-corrected chi connectivity index (χ3v) is 4.78. The lowest BCUT2D eigenvalue weighted by molar-refractivity contribution is 0.0671. The normalized spacial score (nSPS) is 11.7. The third kappa shape index (κ3) is 4.34. The van der Waals surface area contributed by atoms with E-state index >= 15 is 0 Å². The second kappa shape index (κ2) is 9.08. The van der Waals surface area contributed by atoms with Crippen LogP contribution in [0.25, 0.3) is 11.3 Å². The Morgan fingerprint density at radius 2 is 1.96 bits per heavy atom. The van der Waals surface area contributed by atoms with Gasteiger partial charge in [-0.2, -0.15) is 0 Å². The maximum absolute atomic E-state index is 13.3. The molecule has 2 aromatic heterocycles. The van der Waals surface area contributed by atoms with Crippen LogP contribution >= 0.6 is 0 Å². The zero-order valence-electron chi connectivity index (χ0n) is 16.5. The van der Waals surface area contributed by atoms with E-state index in [9.17, 15) is 4.79 Å². The zero-order valence-corrected chi connectivity index (χ0v) is 16.5. The van der Waals surface area contributed by atoms with Gasteiger partial charge in [0, 0.05) is 55.5 Å². The van der Waals surface area contributed by atoms with Crippen molar-refractivity contribution in [1.29, 1.82) is 0 Å². The van der Waals surface area contributed by atoms with Gasteiger partial charge >= 0.3 is 0 Å². The number of carbonyl (C=O) groups is 1. The van der Waals surface area contributed by atoms with Gasteiger partial charge in [-0.15, -0.1) is 0 Å². The van der Waals surface area contributed by atoms with Crippen LogP contribution in [0.3, 0.4) is 0 Å². The molecule has 0 saturated heterocycles. The van der Waals surface area contributed by atoms with Gasteiger partial charge in [-0.3, -0.25) is 14.8 Å². The van der Waals surface area contributed by atoms with Crippen LogP contribution in [0.1, 0.15) is 36.2 Å². The van der Waals surface area contributed by atoms with Gasteiger partial charge in [0.25, 0.3) is 5.91 Å². The number of hydrogen-bond acceptors (Lipinski definition) is 5. The first kappa shape index (κ1) is 19.5. The van der Waals surface area contributed by atoms with E-state index in [2.05, 4.69) is 34.1 Å². The number of benzene rings is 1. The number of rotatable bonds is 7. The van der Waals surface area contributed by atoms with E-state index in [4.69, 9.17) is 0 Å². The summed E-state index contributed by atoms with van der Waals surface area (Å²) >= 11 is 0. The predicted octanol–water partition coefficient (Wildman–Crippen LogP) is 4.02. The largest absolute Gasteiger partial charge is 0.371 e. The van der Waals surface area contributed by atoms with Crippen molar-refractivity contribution >= 4 is 11.7 Å². The van der Waals surface area contributed by atoms with Crippen LogP contribution in [-0.2, 0) is 6.54 Å². The smallest absolute Gasteiger partial charge is 0.254 e. The van der Waals surface area contributed by atoms with Gasteiger partial charge < -0.3 is 10.2 Å². The van der Waals surface area contributed by atoms with Crippen molar-refractivity contribution in [2.24, 2.45) is 0 Å². The fraction of sp³-hybridized carbons (Fsp3) is 0.273. The number of aromatic nitrogens is 3. The molecule has 3 rings (SSSR count). The van der Waals surface area contributed by atoms with Crippen molar-refractivity contribution in [3.63, 3.8) is 0 Å². The molecule has 1 atom stereocenters. The molecule has 0 fully saturated rings. The van der Waals surface area contributed by atoms with E-state index in [1.54, 1.807) is 31.8 Å². The van der Waals surface area contributed by atoms with Gasteiger partial charge in [0.1, 0.15) is 5.69 Å². The second-order valence-corrected chi connectivity index (χ2v) is 6.64. The van der Waals surface area contributed by atoms with Crippen molar-refractivity contribution < 1.29 is 4.79 Å². The standard InChI is InChI=1S/C22H25N5O/c1-4-16(2)27(15-17-7-6-10-24-14-17)22(28)19-9-5-8-18(13-19)20-21(23-3)26-12-11-25-20/h5-14,16H,4,15H2,1-3H3,(H,23,26). The Labute approximate surface area is 165 Å². The monoisotopic (exact) mass is 375 g/mol. The van der Waals surface area contributed by atoms with Crippen LogP contribution in [0.15, 0.2) is 61.2 Å². The molecule has 144 valence electrons. The average molecular weight is 375 g/mol. The van der Waals surface area contributed by atoms with Crippen LogP contribution in [0.5, 0.6) is 0 Å². The van der Waals surface area contributed by atoms with Gasteiger partial charge in [0.15, 0.2) is 5.82 Å². The number of nitrogens with one attached hydrogen (secondary N) is 1. The maximum atomic E-state index is 13.3. The third-order valence-electron chi connectivity index (χ3n) is 4.78. The summed E-state index contributed by atoms with van der Waals surface area (Å²) < 4.78 is 0. The molecule has 1 amide bonds. The van der Waals surface area contributed by atoms with E-state index < -0.39 is 0 Å². The molecule has 2 heterocycles. The molecule has 0 saturated carbocycles.